The molecule has 0 saturated heterocycles. The highest BCUT2D eigenvalue weighted by molar-refractivity contribution is 5.85. The van der Waals surface area contributed by atoms with Crippen LogP contribution in [0, 0.1) is 5.82 Å². The molecule has 0 aliphatic rings. The van der Waals surface area contributed by atoms with Gasteiger partial charge in [-0.25, -0.2) is 4.39 Å². The maximum absolute atomic E-state index is 13.0. The van der Waals surface area contributed by atoms with Crippen LogP contribution in [0.5, 0.6) is 0 Å². The Labute approximate surface area is 103 Å². The van der Waals surface area contributed by atoms with Gasteiger partial charge in [0, 0.05) is 6.04 Å². The Morgan fingerprint density at radius 3 is 2.35 bits per heavy atom. The van der Waals surface area contributed by atoms with E-state index in [4.69, 9.17) is 5.73 Å². The Hall–Kier alpha value is -0.810. The monoisotopic (exact) mass is 271 g/mol. The van der Waals surface area contributed by atoms with Crippen molar-refractivity contribution in [2.45, 2.75) is 32.0 Å². The third-order valence-electron chi connectivity index (χ3n) is 2.32. The fourth-order valence-electron chi connectivity index (χ4n) is 1.47. The zero-order valence-corrected chi connectivity index (χ0v) is 10.0. The van der Waals surface area contributed by atoms with Crippen LogP contribution in [0.15, 0.2) is 18.2 Å². The topological polar surface area (TPSA) is 26.0 Å². The first kappa shape index (κ1) is 16.2. The molecule has 0 unspecified atom stereocenters. The van der Waals surface area contributed by atoms with Crippen LogP contribution in [-0.4, -0.2) is 0 Å². The van der Waals surface area contributed by atoms with E-state index < -0.39 is 23.6 Å². The molecule has 17 heavy (non-hydrogen) atoms. The maximum atomic E-state index is 13.0. The van der Waals surface area contributed by atoms with Gasteiger partial charge in [0.15, 0.2) is 0 Å². The Morgan fingerprint density at radius 2 is 1.88 bits per heavy atom. The lowest BCUT2D eigenvalue weighted by molar-refractivity contribution is -0.140. The number of rotatable bonds is 3. The van der Waals surface area contributed by atoms with Crippen molar-refractivity contribution in [2.24, 2.45) is 5.73 Å². The SMILES string of the molecule is CCC[C@H](N)c1ccc(F)c(C(F)(F)F)c1.Cl. The number of hydrogen-bond acceptors (Lipinski definition) is 1. The van der Waals surface area contributed by atoms with Crippen molar-refractivity contribution in [1.82, 2.24) is 0 Å². The largest absolute Gasteiger partial charge is 0.419 e. The Bertz CT molecular complexity index is 365. The highest BCUT2D eigenvalue weighted by Gasteiger charge is 2.34. The van der Waals surface area contributed by atoms with Crippen molar-refractivity contribution in [1.29, 1.82) is 0 Å². The lowest BCUT2D eigenvalue weighted by Gasteiger charge is -2.14. The van der Waals surface area contributed by atoms with Crippen LogP contribution < -0.4 is 5.73 Å². The summed E-state index contributed by atoms with van der Waals surface area (Å²) in [6, 6.07) is 2.42. The Kier molecular flexibility index (Phi) is 5.92. The van der Waals surface area contributed by atoms with E-state index in [1.165, 1.54) is 6.07 Å². The number of alkyl halides is 3. The van der Waals surface area contributed by atoms with Crippen molar-refractivity contribution >= 4 is 12.4 Å². The molecular formula is C11H14ClF4N. The van der Waals surface area contributed by atoms with Crippen LogP contribution >= 0.6 is 12.4 Å². The van der Waals surface area contributed by atoms with Gasteiger partial charge in [-0.2, -0.15) is 13.2 Å². The fourth-order valence-corrected chi connectivity index (χ4v) is 1.47. The van der Waals surface area contributed by atoms with Crippen molar-refractivity contribution in [3.05, 3.63) is 35.1 Å². The van der Waals surface area contributed by atoms with E-state index in [1.807, 2.05) is 6.92 Å². The average Bonchev–Trinajstić information content (AvgIpc) is 2.16. The molecule has 1 aromatic rings. The number of nitrogens with two attached hydrogens (primary N) is 1. The van der Waals surface area contributed by atoms with E-state index in [9.17, 15) is 17.6 Å². The first-order valence-electron chi connectivity index (χ1n) is 4.98. The maximum Gasteiger partial charge on any atom is 0.419 e. The van der Waals surface area contributed by atoms with Crippen molar-refractivity contribution in [3.63, 3.8) is 0 Å². The van der Waals surface area contributed by atoms with Gasteiger partial charge in [-0.15, -0.1) is 12.4 Å². The minimum Gasteiger partial charge on any atom is -0.324 e. The molecule has 1 rings (SSSR count). The van der Waals surface area contributed by atoms with E-state index in [-0.39, 0.29) is 12.4 Å². The van der Waals surface area contributed by atoms with E-state index in [2.05, 4.69) is 0 Å². The van der Waals surface area contributed by atoms with Gasteiger partial charge in [0.1, 0.15) is 5.82 Å². The van der Waals surface area contributed by atoms with E-state index in [0.29, 0.717) is 12.0 Å². The smallest absolute Gasteiger partial charge is 0.324 e. The summed E-state index contributed by atoms with van der Waals surface area (Å²) >= 11 is 0. The Balaban J connectivity index is 0.00000256. The normalized spacial score (nSPS) is 13.1. The molecule has 0 aliphatic carbocycles. The summed E-state index contributed by atoms with van der Waals surface area (Å²) in [5.41, 5.74) is 4.74. The summed E-state index contributed by atoms with van der Waals surface area (Å²) < 4.78 is 50.1. The van der Waals surface area contributed by atoms with Crippen molar-refractivity contribution in [3.8, 4) is 0 Å². The van der Waals surface area contributed by atoms with Gasteiger partial charge in [0.2, 0.25) is 0 Å². The average molecular weight is 272 g/mol. The summed E-state index contributed by atoms with van der Waals surface area (Å²) in [6.07, 6.45) is -3.34. The van der Waals surface area contributed by atoms with Gasteiger partial charge < -0.3 is 5.73 Å². The summed E-state index contributed by atoms with van der Waals surface area (Å²) in [5, 5.41) is 0. The summed E-state index contributed by atoms with van der Waals surface area (Å²) in [6.45, 7) is 1.88. The van der Waals surface area contributed by atoms with Crippen LogP contribution in [0.2, 0.25) is 0 Å². The predicted octanol–water partition coefficient (Wildman–Crippen LogP) is 4.07. The molecular weight excluding hydrogens is 258 g/mol. The Morgan fingerprint density at radius 1 is 1.29 bits per heavy atom. The van der Waals surface area contributed by atoms with Crippen molar-refractivity contribution < 1.29 is 17.6 Å². The van der Waals surface area contributed by atoms with Gasteiger partial charge in [0.25, 0.3) is 0 Å². The molecule has 0 bridgehead atoms. The molecule has 0 amide bonds. The second kappa shape index (κ2) is 6.21. The molecule has 0 aromatic heterocycles. The predicted molar refractivity (Wildman–Crippen MR) is 60.5 cm³/mol. The second-order valence-electron chi connectivity index (χ2n) is 3.63. The van der Waals surface area contributed by atoms with Crippen LogP contribution in [0.1, 0.15) is 36.9 Å². The number of halogens is 5. The van der Waals surface area contributed by atoms with Crippen LogP contribution in [0.3, 0.4) is 0 Å². The summed E-state index contributed by atoms with van der Waals surface area (Å²) in [4.78, 5) is 0. The molecule has 0 heterocycles. The van der Waals surface area contributed by atoms with Crippen LogP contribution in [0.4, 0.5) is 17.6 Å². The molecule has 0 spiro atoms. The minimum atomic E-state index is -4.67. The number of hydrogen-bond donors (Lipinski definition) is 1. The van der Waals surface area contributed by atoms with Gasteiger partial charge >= 0.3 is 6.18 Å². The highest BCUT2D eigenvalue weighted by atomic mass is 35.5. The molecule has 1 nitrogen and oxygen atoms in total. The van der Waals surface area contributed by atoms with Gasteiger partial charge in [-0.1, -0.05) is 19.4 Å². The quantitative estimate of drug-likeness (QED) is 0.824. The summed E-state index contributed by atoms with van der Waals surface area (Å²) in [7, 11) is 0. The molecule has 2 N–H and O–H groups in total. The van der Waals surface area contributed by atoms with E-state index in [1.54, 1.807) is 0 Å². The van der Waals surface area contributed by atoms with E-state index in [0.717, 1.165) is 18.6 Å². The van der Waals surface area contributed by atoms with Gasteiger partial charge in [0.05, 0.1) is 5.56 Å². The first-order chi connectivity index (χ1) is 7.36. The lowest BCUT2D eigenvalue weighted by Crippen LogP contribution is -2.13. The second-order valence-corrected chi connectivity index (χ2v) is 3.63. The molecule has 0 saturated carbocycles. The minimum absolute atomic E-state index is 0. The first-order valence-corrected chi connectivity index (χ1v) is 4.98. The third-order valence-corrected chi connectivity index (χ3v) is 2.32. The molecule has 98 valence electrons. The molecule has 0 fully saturated rings. The number of benzene rings is 1. The van der Waals surface area contributed by atoms with Crippen LogP contribution in [-0.2, 0) is 6.18 Å². The van der Waals surface area contributed by atoms with Gasteiger partial charge in [-0.05, 0) is 24.1 Å². The standard InChI is InChI=1S/C11H13F4N.ClH/c1-2-3-10(16)7-4-5-9(12)8(6-7)11(13,14)15;/h4-6,10H,2-3,16H2,1H3;1H/t10-;/m0./s1. The molecule has 6 heteroatoms. The fraction of sp³-hybridized carbons (Fsp3) is 0.455. The van der Waals surface area contributed by atoms with Crippen molar-refractivity contribution in [2.75, 3.05) is 0 Å². The lowest BCUT2D eigenvalue weighted by atomic mass is 10.0. The third kappa shape index (κ3) is 4.16. The molecule has 0 aliphatic heterocycles. The van der Waals surface area contributed by atoms with Crippen LogP contribution in [0.25, 0.3) is 0 Å². The molecule has 0 radical (unpaired) electrons. The highest BCUT2D eigenvalue weighted by Crippen LogP contribution is 2.33. The molecule has 1 atom stereocenters. The zero-order chi connectivity index (χ0) is 12.3. The molecule has 1 aromatic carbocycles. The zero-order valence-electron chi connectivity index (χ0n) is 9.22. The van der Waals surface area contributed by atoms with Gasteiger partial charge in [-0.3, -0.25) is 0 Å². The van der Waals surface area contributed by atoms with E-state index >= 15 is 0 Å². The summed E-state index contributed by atoms with van der Waals surface area (Å²) in [5.74, 6) is -1.26.